The summed E-state index contributed by atoms with van der Waals surface area (Å²) in [6.45, 7) is 5.91. The number of thioether (sulfide) groups is 1. The number of carbonyl (C=O) groups excluding carboxylic acids is 1. The number of aliphatic hydroxyl groups is 1. The van der Waals surface area contributed by atoms with Crippen molar-refractivity contribution in [2.45, 2.75) is 76.2 Å². The van der Waals surface area contributed by atoms with E-state index in [0.717, 1.165) is 18.4 Å². The van der Waals surface area contributed by atoms with Gasteiger partial charge in [0.2, 0.25) is 11.5 Å². The third kappa shape index (κ3) is 2.30. The molecule has 164 valence electrons. The van der Waals surface area contributed by atoms with Crippen LogP contribution in [-0.2, 0) is 14.3 Å². The molecule has 0 aromatic rings. The highest BCUT2D eigenvalue weighted by molar-refractivity contribution is 7.99. The van der Waals surface area contributed by atoms with Gasteiger partial charge in [-0.1, -0.05) is 13.0 Å². The molecule has 1 aliphatic heterocycles. The third-order valence-electron chi connectivity index (χ3n) is 8.89. The van der Waals surface area contributed by atoms with Crippen LogP contribution in [0.25, 0.3) is 0 Å². The predicted molar refractivity (Wildman–Crippen MR) is 114 cm³/mol. The van der Waals surface area contributed by atoms with Gasteiger partial charge in [0.05, 0.1) is 11.5 Å². The molecule has 8 atom stereocenters. The van der Waals surface area contributed by atoms with Gasteiger partial charge in [-0.2, -0.15) is 11.8 Å². The molecule has 5 aliphatic rings. The summed E-state index contributed by atoms with van der Waals surface area (Å²) in [4.78, 5) is 12.7. The van der Waals surface area contributed by atoms with Crippen LogP contribution in [0.5, 0.6) is 0 Å². The van der Waals surface area contributed by atoms with Gasteiger partial charge >= 0.3 is 0 Å². The van der Waals surface area contributed by atoms with Gasteiger partial charge in [-0.3, -0.25) is 4.79 Å². The van der Waals surface area contributed by atoms with Crippen molar-refractivity contribution in [1.29, 1.82) is 0 Å². The Kier molecular flexibility index (Phi) is 4.55. The molecule has 0 amide bonds. The largest absolute Gasteiger partial charge is 0.450 e. The Balaban J connectivity index is 1.62. The number of ether oxygens (including phenoxy) is 2. The van der Waals surface area contributed by atoms with Crippen molar-refractivity contribution in [1.82, 2.24) is 0 Å². The Morgan fingerprint density at radius 1 is 1.23 bits per heavy atom. The number of aliphatic hydroxyl groups excluding tert-OH is 1. The molecule has 0 saturated heterocycles. The highest BCUT2D eigenvalue weighted by atomic mass is 32.2. The Morgan fingerprint density at radius 3 is 2.70 bits per heavy atom. The third-order valence-corrected chi connectivity index (χ3v) is 10.2. The van der Waals surface area contributed by atoms with Gasteiger partial charge in [-0.05, 0) is 81.3 Å². The van der Waals surface area contributed by atoms with Crippen LogP contribution in [0, 0.1) is 22.7 Å². The number of rotatable bonds is 2. The van der Waals surface area contributed by atoms with Crippen molar-refractivity contribution in [3.05, 3.63) is 35.3 Å². The van der Waals surface area contributed by atoms with Crippen LogP contribution in [-0.4, -0.2) is 40.5 Å². The fourth-order valence-electron chi connectivity index (χ4n) is 7.46. The van der Waals surface area contributed by atoms with Gasteiger partial charge in [-0.25, -0.2) is 4.39 Å². The lowest BCUT2D eigenvalue weighted by molar-refractivity contribution is -0.199. The van der Waals surface area contributed by atoms with E-state index >= 15 is 4.39 Å². The first-order valence-electron chi connectivity index (χ1n) is 11.1. The lowest BCUT2D eigenvalue weighted by Crippen LogP contribution is -2.67. The highest BCUT2D eigenvalue weighted by Crippen LogP contribution is 2.70. The van der Waals surface area contributed by atoms with E-state index in [1.807, 2.05) is 25.6 Å². The molecular weight excluding hydrogens is 403 g/mol. The summed E-state index contributed by atoms with van der Waals surface area (Å²) in [5.41, 5.74) is -2.41. The number of fused-ring (bicyclic) bond motifs is 6. The average molecular weight is 435 g/mol. The smallest absolute Gasteiger partial charge is 0.260 e. The molecule has 4 aliphatic carbocycles. The maximum atomic E-state index is 17.5. The average Bonchev–Trinajstić information content (AvgIpc) is 3.27. The van der Waals surface area contributed by atoms with Crippen molar-refractivity contribution in [2.75, 3.05) is 6.26 Å². The molecule has 0 spiro atoms. The van der Waals surface area contributed by atoms with E-state index in [1.54, 1.807) is 12.2 Å². The number of hydrogen-bond donors (Lipinski definition) is 1. The van der Waals surface area contributed by atoms with Crippen LogP contribution in [0.3, 0.4) is 0 Å². The molecule has 0 bridgehead atoms. The molecule has 1 N–H and O–H groups in total. The summed E-state index contributed by atoms with van der Waals surface area (Å²) < 4.78 is 29.3. The molecule has 0 aromatic heterocycles. The second-order valence-corrected chi connectivity index (χ2v) is 11.0. The van der Waals surface area contributed by atoms with E-state index in [4.69, 9.17) is 9.47 Å². The van der Waals surface area contributed by atoms with Crippen molar-refractivity contribution < 1.29 is 23.8 Å². The Labute approximate surface area is 182 Å². The van der Waals surface area contributed by atoms with Crippen molar-refractivity contribution >= 4 is 17.5 Å². The van der Waals surface area contributed by atoms with E-state index in [2.05, 4.69) is 13.2 Å². The van der Waals surface area contributed by atoms with Gasteiger partial charge in [0.1, 0.15) is 0 Å². The number of alkyl halides is 1. The van der Waals surface area contributed by atoms with Crippen LogP contribution in [0.4, 0.5) is 4.39 Å². The molecule has 0 radical (unpaired) electrons. The maximum Gasteiger partial charge on any atom is 0.260 e. The Morgan fingerprint density at radius 2 is 2.00 bits per heavy atom. The van der Waals surface area contributed by atoms with Crippen LogP contribution in [0.15, 0.2) is 35.3 Å². The summed E-state index contributed by atoms with van der Waals surface area (Å²) >= 11 is 1.85. The molecule has 3 fully saturated rings. The summed E-state index contributed by atoms with van der Waals surface area (Å²) in [6.07, 6.45) is 9.14. The molecule has 4 nitrogen and oxygen atoms in total. The summed E-state index contributed by atoms with van der Waals surface area (Å²) in [5.74, 6) is 0.0808. The fraction of sp³-hybridized carbons (Fsp3) is 0.708. The second kappa shape index (κ2) is 6.61. The maximum absolute atomic E-state index is 17.5. The lowest BCUT2D eigenvalue weighted by Gasteiger charge is -2.62. The minimum atomic E-state index is -1.88. The first-order chi connectivity index (χ1) is 14.2. The molecule has 6 heteroatoms. The van der Waals surface area contributed by atoms with Gasteiger partial charge in [0.15, 0.2) is 11.4 Å². The van der Waals surface area contributed by atoms with Gasteiger partial charge in [0, 0.05) is 11.2 Å². The molecule has 30 heavy (non-hydrogen) atoms. The molecule has 3 saturated carbocycles. The van der Waals surface area contributed by atoms with Crippen LogP contribution >= 0.6 is 11.8 Å². The van der Waals surface area contributed by atoms with Gasteiger partial charge in [0.25, 0.3) is 6.29 Å². The fourth-order valence-corrected chi connectivity index (χ4v) is 8.64. The lowest BCUT2D eigenvalue weighted by atomic mass is 9.45. The monoisotopic (exact) mass is 434 g/mol. The predicted octanol–water partition coefficient (Wildman–Crippen LogP) is 4.69. The van der Waals surface area contributed by atoms with Crippen LogP contribution < -0.4 is 0 Å². The van der Waals surface area contributed by atoms with Crippen molar-refractivity contribution in [3.63, 3.8) is 0 Å². The topological polar surface area (TPSA) is 55.8 Å². The zero-order valence-corrected chi connectivity index (χ0v) is 18.9. The van der Waals surface area contributed by atoms with Crippen LogP contribution in [0.2, 0.25) is 0 Å². The van der Waals surface area contributed by atoms with Crippen molar-refractivity contribution in [3.8, 4) is 0 Å². The van der Waals surface area contributed by atoms with Gasteiger partial charge < -0.3 is 14.6 Å². The number of halogens is 1. The first kappa shape index (κ1) is 20.6. The SMILES string of the molecule is CC=CC1OC2=C(O1)[C@@]1(C)C(=CC2=O)CC[C@H]2[C@@H]3CC[C@H](SC)[C@@]3(C)C[C@H](O)[C@@]21F. The zero-order valence-electron chi connectivity index (χ0n) is 18.1. The first-order valence-corrected chi connectivity index (χ1v) is 12.4. The molecule has 1 heterocycles. The summed E-state index contributed by atoms with van der Waals surface area (Å²) in [5, 5.41) is 11.9. The standard InChI is InChI=1S/C24H31FO4S/c1-5-6-19-28-20-16(26)11-13-7-8-15-14-9-10-18(30-4)22(14,2)12-17(27)24(15,25)23(13,3)21(20)29-19/h5-6,11,14-15,17-19,27H,7-10,12H2,1-4H3/t14-,15-,17-,18-,19?,22-,23+,24-/m0/s1. The quantitative estimate of drug-likeness (QED) is 0.639. The van der Waals surface area contributed by atoms with Crippen LogP contribution in [0.1, 0.15) is 52.9 Å². The van der Waals surface area contributed by atoms with Gasteiger partial charge in [-0.15, -0.1) is 0 Å². The normalized spacial score (nSPS) is 49.7. The summed E-state index contributed by atoms with van der Waals surface area (Å²) in [6, 6.07) is 0. The van der Waals surface area contributed by atoms with E-state index in [9.17, 15) is 9.90 Å². The molecule has 0 aromatic carbocycles. The number of hydrogen-bond acceptors (Lipinski definition) is 5. The Bertz CT molecular complexity index is 880. The number of allylic oxidation sites excluding steroid dienone is 3. The Hall–Kier alpha value is -1.27. The zero-order chi connectivity index (χ0) is 21.5. The number of ketones is 1. The van der Waals surface area contributed by atoms with Crippen molar-refractivity contribution in [2.24, 2.45) is 22.7 Å². The second-order valence-electron chi connectivity index (χ2n) is 9.99. The summed E-state index contributed by atoms with van der Waals surface area (Å²) in [7, 11) is 0. The molecule has 1 unspecified atom stereocenters. The van der Waals surface area contributed by atoms with E-state index in [0.29, 0.717) is 24.5 Å². The minimum Gasteiger partial charge on any atom is -0.450 e. The number of carbonyl (C=O) groups is 1. The highest BCUT2D eigenvalue weighted by Gasteiger charge is 2.73. The molecular formula is C24H31FO4S. The van der Waals surface area contributed by atoms with E-state index < -0.39 is 23.5 Å². The molecule has 5 rings (SSSR count). The van der Waals surface area contributed by atoms with E-state index in [1.165, 1.54) is 6.08 Å². The van der Waals surface area contributed by atoms with E-state index in [-0.39, 0.29) is 34.6 Å². The minimum absolute atomic E-state index is 0.0706.